The zero-order chi connectivity index (χ0) is 17.7. The summed E-state index contributed by atoms with van der Waals surface area (Å²) < 4.78 is 6.95. The van der Waals surface area contributed by atoms with Crippen LogP contribution in [0.3, 0.4) is 0 Å². The number of para-hydroxylation sites is 1. The normalized spacial score (nSPS) is 10.6. The maximum absolute atomic E-state index is 11.8. The molecule has 0 spiro atoms. The first-order valence-electron chi connectivity index (χ1n) is 9.03. The Hall–Kier alpha value is -2.43. The van der Waals surface area contributed by atoms with Gasteiger partial charge >= 0.3 is 5.97 Å². The third-order valence-electron chi connectivity index (χ3n) is 3.98. The van der Waals surface area contributed by atoms with Crippen molar-refractivity contribution < 1.29 is 9.53 Å². The molecule has 2 aromatic rings. The molecule has 2 rings (SSSR count). The number of hydrogen-bond acceptors (Lipinski definition) is 4. The number of ether oxygens (including phenoxy) is 1. The van der Waals surface area contributed by atoms with Gasteiger partial charge < -0.3 is 4.74 Å². The van der Waals surface area contributed by atoms with E-state index in [1.54, 1.807) is 10.9 Å². The average Bonchev–Trinajstić information content (AvgIpc) is 3.12. The molecule has 0 saturated carbocycles. The lowest BCUT2D eigenvalue weighted by Gasteiger charge is -2.03. The fraction of sp³-hybridized carbons (Fsp3) is 0.450. The lowest BCUT2D eigenvalue weighted by Crippen LogP contribution is -2.04. The third kappa shape index (κ3) is 7.33. The molecule has 0 saturated heterocycles. The first-order valence-corrected chi connectivity index (χ1v) is 9.03. The fourth-order valence-corrected chi connectivity index (χ4v) is 2.56. The zero-order valence-electron chi connectivity index (χ0n) is 14.8. The van der Waals surface area contributed by atoms with Crippen molar-refractivity contribution >= 4 is 5.97 Å². The summed E-state index contributed by atoms with van der Waals surface area (Å²) in [6.07, 6.45) is 12.1. The molecule has 0 fully saturated rings. The highest BCUT2D eigenvalue weighted by Gasteiger charge is 2.07. The van der Waals surface area contributed by atoms with Gasteiger partial charge in [0.2, 0.25) is 0 Å². The number of rotatable bonds is 12. The second-order valence-corrected chi connectivity index (χ2v) is 6.10. The lowest BCUT2D eigenvalue weighted by atomic mass is 10.1. The van der Waals surface area contributed by atoms with Crippen molar-refractivity contribution in [1.82, 2.24) is 15.0 Å². The quantitative estimate of drug-likeness (QED) is 0.321. The molecule has 0 atom stereocenters. The van der Waals surface area contributed by atoms with Crippen LogP contribution in [0.2, 0.25) is 0 Å². The van der Waals surface area contributed by atoms with E-state index in [4.69, 9.17) is 4.74 Å². The lowest BCUT2D eigenvalue weighted by molar-refractivity contribution is -0.145. The molecule has 134 valence electrons. The van der Waals surface area contributed by atoms with Gasteiger partial charge in [-0.2, -0.15) is 0 Å². The predicted octanol–water partition coefficient (Wildman–Crippen LogP) is 4.62. The van der Waals surface area contributed by atoms with Crippen LogP contribution in [0.1, 0.15) is 57.1 Å². The Morgan fingerprint density at radius 2 is 1.80 bits per heavy atom. The molecule has 1 heterocycles. The molecule has 0 aliphatic carbocycles. The Labute approximate surface area is 149 Å². The van der Waals surface area contributed by atoms with Crippen LogP contribution in [0.15, 0.2) is 49.2 Å². The van der Waals surface area contributed by atoms with Crippen molar-refractivity contribution in [2.45, 2.75) is 58.0 Å². The van der Waals surface area contributed by atoms with E-state index in [9.17, 15) is 4.79 Å². The van der Waals surface area contributed by atoms with Gasteiger partial charge in [0.05, 0.1) is 11.9 Å². The van der Waals surface area contributed by atoms with Crippen LogP contribution >= 0.6 is 0 Å². The fourth-order valence-electron chi connectivity index (χ4n) is 2.56. The Morgan fingerprint density at radius 1 is 1.08 bits per heavy atom. The first kappa shape index (κ1) is 18.9. The summed E-state index contributed by atoms with van der Waals surface area (Å²) in [6, 6.07) is 9.72. The highest BCUT2D eigenvalue weighted by atomic mass is 16.5. The molecular formula is C20H27N3O2. The molecule has 0 radical (unpaired) electrons. The van der Waals surface area contributed by atoms with Crippen molar-refractivity contribution in [3.63, 3.8) is 0 Å². The van der Waals surface area contributed by atoms with E-state index in [2.05, 4.69) is 16.9 Å². The monoisotopic (exact) mass is 341 g/mol. The summed E-state index contributed by atoms with van der Waals surface area (Å²) in [6.45, 7) is 3.90. The molecule has 1 aromatic heterocycles. The van der Waals surface area contributed by atoms with Gasteiger partial charge in [-0.25, -0.2) is 4.68 Å². The number of unbranched alkanes of at least 4 members (excludes halogenated alkanes) is 6. The molecule has 25 heavy (non-hydrogen) atoms. The van der Waals surface area contributed by atoms with Gasteiger partial charge in [0.15, 0.2) is 0 Å². The first-order chi connectivity index (χ1) is 12.3. The highest BCUT2D eigenvalue weighted by molar-refractivity contribution is 5.69. The standard InChI is InChI=1S/C20H27N3O2/c1-2-3-4-5-6-7-8-12-15-20(24)25-17-18-16-23(22-21-18)19-13-10-9-11-14-19/h2,9-11,13-14,16H,1,3-8,12,15,17H2. The van der Waals surface area contributed by atoms with E-state index in [1.165, 1.54) is 25.7 Å². The summed E-state index contributed by atoms with van der Waals surface area (Å²) in [5.41, 5.74) is 1.58. The Balaban J connectivity index is 1.58. The number of aromatic nitrogens is 3. The summed E-state index contributed by atoms with van der Waals surface area (Å²) in [5, 5.41) is 8.09. The second-order valence-electron chi connectivity index (χ2n) is 6.10. The highest BCUT2D eigenvalue weighted by Crippen LogP contribution is 2.10. The Kier molecular flexibility index (Phi) is 8.45. The van der Waals surface area contributed by atoms with E-state index in [0.717, 1.165) is 24.9 Å². The number of carbonyl (C=O) groups excluding carboxylic acids is 1. The number of benzene rings is 1. The molecule has 0 bridgehead atoms. The van der Waals surface area contributed by atoms with Gasteiger partial charge in [0, 0.05) is 6.42 Å². The Morgan fingerprint density at radius 3 is 2.56 bits per heavy atom. The topological polar surface area (TPSA) is 57.0 Å². The summed E-state index contributed by atoms with van der Waals surface area (Å²) in [5.74, 6) is -0.166. The maximum Gasteiger partial charge on any atom is 0.306 e. The van der Waals surface area contributed by atoms with Gasteiger partial charge in [0.25, 0.3) is 0 Å². The van der Waals surface area contributed by atoms with Crippen LogP contribution in [0, 0.1) is 0 Å². The van der Waals surface area contributed by atoms with Crippen molar-refractivity contribution in [2.75, 3.05) is 0 Å². The van der Waals surface area contributed by atoms with Crippen LogP contribution in [0.25, 0.3) is 5.69 Å². The minimum Gasteiger partial charge on any atom is -0.459 e. The van der Waals surface area contributed by atoms with Crippen molar-refractivity contribution in [1.29, 1.82) is 0 Å². The van der Waals surface area contributed by atoms with Crippen LogP contribution < -0.4 is 0 Å². The molecule has 5 nitrogen and oxygen atoms in total. The molecular weight excluding hydrogens is 314 g/mol. The Bertz CT molecular complexity index is 637. The molecule has 0 N–H and O–H groups in total. The summed E-state index contributed by atoms with van der Waals surface area (Å²) >= 11 is 0. The maximum atomic E-state index is 11.8. The van der Waals surface area contributed by atoms with E-state index in [1.807, 2.05) is 36.4 Å². The SMILES string of the molecule is C=CCCCCCCCCC(=O)OCc1cn(-c2ccccc2)nn1. The average molecular weight is 341 g/mol. The number of carbonyl (C=O) groups is 1. The smallest absolute Gasteiger partial charge is 0.306 e. The van der Waals surface area contributed by atoms with Gasteiger partial charge in [-0.1, -0.05) is 55.2 Å². The number of allylic oxidation sites excluding steroid dienone is 1. The van der Waals surface area contributed by atoms with Crippen molar-refractivity contribution in [3.8, 4) is 5.69 Å². The largest absolute Gasteiger partial charge is 0.459 e. The molecule has 0 aliphatic rings. The molecule has 0 unspecified atom stereocenters. The van der Waals surface area contributed by atoms with Crippen LogP contribution in [-0.2, 0) is 16.1 Å². The number of esters is 1. The zero-order valence-corrected chi connectivity index (χ0v) is 14.8. The number of nitrogens with zero attached hydrogens (tertiary/aromatic N) is 3. The molecule has 0 amide bonds. The minimum absolute atomic E-state index is 0.166. The van der Waals surface area contributed by atoms with Crippen molar-refractivity contribution in [3.05, 3.63) is 54.9 Å². The van der Waals surface area contributed by atoms with E-state index >= 15 is 0 Å². The minimum atomic E-state index is -0.166. The predicted molar refractivity (Wildman–Crippen MR) is 98.3 cm³/mol. The molecule has 5 heteroatoms. The van der Waals surface area contributed by atoms with Crippen LogP contribution in [0.4, 0.5) is 0 Å². The van der Waals surface area contributed by atoms with E-state index < -0.39 is 0 Å². The molecule has 1 aromatic carbocycles. The van der Waals surface area contributed by atoms with Crippen LogP contribution in [-0.4, -0.2) is 21.0 Å². The second kappa shape index (κ2) is 11.2. The van der Waals surface area contributed by atoms with Gasteiger partial charge in [0.1, 0.15) is 12.3 Å². The summed E-state index contributed by atoms with van der Waals surface area (Å²) in [4.78, 5) is 11.8. The summed E-state index contributed by atoms with van der Waals surface area (Å²) in [7, 11) is 0. The third-order valence-corrected chi connectivity index (χ3v) is 3.98. The van der Waals surface area contributed by atoms with Crippen LogP contribution in [0.5, 0.6) is 0 Å². The van der Waals surface area contributed by atoms with Crippen molar-refractivity contribution in [2.24, 2.45) is 0 Å². The number of hydrogen-bond donors (Lipinski definition) is 0. The van der Waals surface area contributed by atoms with Gasteiger partial charge in [-0.3, -0.25) is 4.79 Å². The van der Waals surface area contributed by atoms with Gasteiger partial charge in [-0.15, -0.1) is 11.7 Å². The van der Waals surface area contributed by atoms with E-state index in [0.29, 0.717) is 12.1 Å². The van der Waals surface area contributed by atoms with E-state index in [-0.39, 0.29) is 12.6 Å². The molecule has 0 aliphatic heterocycles. The van der Waals surface area contributed by atoms with Gasteiger partial charge in [-0.05, 0) is 31.4 Å².